The van der Waals surface area contributed by atoms with Crippen LogP contribution in [0.3, 0.4) is 0 Å². The minimum absolute atomic E-state index is 0.132. The van der Waals surface area contributed by atoms with Crippen LogP contribution in [0.5, 0.6) is 11.5 Å². The molecule has 10 heteroatoms. The first-order valence-electron chi connectivity index (χ1n) is 9.84. The number of halogens is 4. The fourth-order valence-electron chi connectivity index (χ4n) is 3.30. The number of nitrogens with zero attached hydrogens (tertiary/aromatic N) is 1. The van der Waals surface area contributed by atoms with Crippen LogP contribution in [0.2, 0.25) is 15.1 Å². The normalized spacial score (nSPS) is 14.5. The molecule has 0 atom stereocenters. The van der Waals surface area contributed by atoms with Crippen LogP contribution >= 0.6 is 57.4 Å². The van der Waals surface area contributed by atoms with Crippen LogP contribution in [-0.2, 0) is 11.4 Å². The van der Waals surface area contributed by atoms with Gasteiger partial charge in [0.25, 0.3) is 5.91 Å². The van der Waals surface area contributed by atoms with Gasteiger partial charge in [-0.1, -0.05) is 46.9 Å². The molecule has 1 heterocycles. The summed E-state index contributed by atoms with van der Waals surface area (Å²) in [5.41, 5.74) is 2.02. The third-order valence-electron chi connectivity index (χ3n) is 4.87. The van der Waals surface area contributed by atoms with Gasteiger partial charge in [-0.2, -0.15) is 0 Å². The smallest absolute Gasteiger partial charge is 0.333 e. The van der Waals surface area contributed by atoms with E-state index >= 15 is 0 Å². The number of ether oxygens (including phenoxy) is 2. The van der Waals surface area contributed by atoms with Gasteiger partial charge in [-0.25, -0.2) is 9.69 Å². The largest absolute Gasteiger partial charge is 0.493 e. The molecular weight excluding hydrogens is 614 g/mol. The number of carbonyl (C=O) groups excluding carboxylic acids is 2. The summed E-state index contributed by atoms with van der Waals surface area (Å²) in [6, 6.07) is 14.8. The zero-order valence-electron chi connectivity index (χ0n) is 17.6. The molecular formula is C24H16Cl3IN2O4. The number of benzene rings is 3. The fraction of sp³-hybridized carbons (Fsp3) is 0.0833. The van der Waals surface area contributed by atoms with Crippen molar-refractivity contribution in [3.8, 4) is 11.5 Å². The Balaban J connectivity index is 1.58. The Morgan fingerprint density at radius 2 is 1.82 bits per heavy atom. The highest BCUT2D eigenvalue weighted by atomic mass is 127. The van der Waals surface area contributed by atoms with E-state index < -0.39 is 11.9 Å². The fourth-order valence-corrected chi connectivity index (χ4v) is 4.59. The molecule has 0 saturated carbocycles. The van der Waals surface area contributed by atoms with Crippen molar-refractivity contribution in [3.63, 3.8) is 0 Å². The number of nitrogens with one attached hydrogen (secondary N) is 1. The zero-order chi connectivity index (χ0) is 24.4. The molecule has 3 aromatic carbocycles. The number of rotatable bonds is 6. The minimum atomic E-state index is -0.554. The highest BCUT2D eigenvalue weighted by molar-refractivity contribution is 14.1. The Morgan fingerprint density at radius 3 is 2.53 bits per heavy atom. The van der Waals surface area contributed by atoms with Crippen molar-refractivity contribution in [2.45, 2.75) is 6.61 Å². The third kappa shape index (κ3) is 5.27. The Morgan fingerprint density at radius 1 is 1.03 bits per heavy atom. The maximum atomic E-state index is 12.9. The number of carbonyl (C=O) groups is 2. The first-order valence-corrected chi connectivity index (χ1v) is 12.0. The molecule has 1 aliphatic rings. The van der Waals surface area contributed by atoms with Gasteiger partial charge in [0.05, 0.1) is 26.4 Å². The molecule has 3 amide bonds. The van der Waals surface area contributed by atoms with Crippen molar-refractivity contribution < 1.29 is 19.1 Å². The van der Waals surface area contributed by atoms with Gasteiger partial charge in [-0.3, -0.25) is 4.79 Å². The van der Waals surface area contributed by atoms with Gasteiger partial charge in [0.15, 0.2) is 11.5 Å². The molecule has 6 nitrogen and oxygen atoms in total. The van der Waals surface area contributed by atoms with Crippen LogP contribution in [0.1, 0.15) is 11.1 Å². The van der Waals surface area contributed by atoms with Crippen LogP contribution in [0.15, 0.2) is 60.3 Å². The molecule has 174 valence electrons. The van der Waals surface area contributed by atoms with Gasteiger partial charge in [0.1, 0.15) is 12.3 Å². The van der Waals surface area contributed by atoms with Crippen molar-refractivity contribution in [3.05, 3.63) is 90.1 Å². The predicted molar refractivity (Wildman–Crippen MR) is 142 cm³/mol. The maximum Gasteiger partial charge on any atom is 0.333 e. The minimum Gasteiger partial charge on any atom is -0.493 e. The molecule has 1 aliphatic heterocycles. The highest BCUT2D eigenvalue weighted by Crippen LogP contribution is 2.36. The summed E-state index contributed by atoms with van der Waals surface area (Å²) in [6.45, 7) is 0.257. The van der Waals surface area contributed by atoms with E-state index in [0.29, 0.717) is 37.8 Å². The summed E-state index contributed by atoms with van der Waals surface area (Å²) in [6.07, 6.45) is 1.58. The van der Waals surface area contributed by atoms with Crippen molar-refractivity contribution >= 4 is 81.1 Å². The van der Waals surface area contributed by atoms with Crippen molar-refractivity contribution in [2.75, 3.05) is 12.0 Å². The van der Waals surface area contributed by atoms with Crippen molar-refractivity contribution in [1.29, 1.82) is 0 Å². The molecule has 0 aromatic heterocycles. The Bertz CT molecular complexity index is 1330. The second-order valence-corrected chi connectivity index (χ2v) is 9.59. The Labute approximate surface area is 224 Å². The topological polar surface area (TPSA) is 67.9 Å². The zero-order valence-corrected chi connectivity index (χ0v) is 22.0. The summed E-state index contributed by atoms with van der Waals surface area (Å²) in [5, 5.41) is 3.94. The van der Waals surface area contributed by atoms with Crippen molar-refractivity contribution in [2.24, 2.45) is 0 Å². The van der Waals surface area contributed by atoms with Gasteiger partial charge >= 0.3 is 6.03 Å². The number of methoxy groups -OCH3 is 1. The first kappa shape index (κ1) is 24.7. The second kappa shape index (κ2) is 10.4. The number of imide groups is 1. The first-order chi connectivity index (χ1) is 16.3. The summed E-state index contributed by atoms with van der Waals surface area (Å²) in [7, 11) is 1.53. The number of hydrogen-bond donors (Lipinski definition) is 1. The number of hydrogen-bond acceptors (Lipinski definition) is 4. The van der Waals surface area contributed by atoms with Crippen LogP contribution in [0.4, 0.5) is 10.5 Å². The van der Waals surface area contributed by atoms with E-state index in [-0.39, 0.29) is 12.3 Å². The van der Waals surface area contributed by atoms with Gasteiger partial charge in [0.2, 0.25) is 0 Å². The van der Waals surface area contributed by atoms with E-state index in [1.807, 2.05) is 12.1 Å². The molecule has 0 spiro atoms. The van der Waals surface area contributed by atoms with E-state index in [1.165, 1.54) is 7.11 Å². The molecule has 3 aromatic rings. The van der Waals surface area contributed by atoms with Crippen LogP contribution in [0, 0.1) is 3.57 Å². The monoisotopic (exact) mass is 628 g/mol. The lowest BCUT2D eigenvalue weighted by molar-refractivity contribution is -0.113. The molecule has 1 N–H and O–H groups in total. The van der Waals surface area contributed by atoms with Gasteiger partial charge in [0, 0.05) is 5.02 Å². The van der Waals surface area contributed by atoms with E-state index in [4.69, 9.17) is 44.3 Å². The van der Waals surface area contributed by atoms with Crippen LogP contribution in [0.25, 0.3) is 6.08 Å². The molecule has 0 bridgehead atoms. The lowest BCUT2D eigenvalue weighted by atomic mass is 10.1. The average Bonchev–Trinajstić information content (AvgIpc) is 3.07. The predicted octanol–water partition coefficient (Wildman–Crippen LogP) is 6.94. The molecule has 1 fully saturated rings. The SMILES string of the molecule is COc1cc(/C=C2/NC(=O)N(c3cccc(Cl)c3)C2=O)cc(I)c1OCc1ccc(Cl)c(Cl)c1. The van der Waals surface area contributed by atoms with Crippen LogP contribution in [-0.4, -0.2) is 19.0 Å². The van der Waals surface area contributed by atoms with E-state index in [1.54, 1.807) is 48.5 Å². The molecule has 0 radical (unpaired) electrons. The molecule has 34 heavy (non-hydrogen) atoms. The summed E-state index contributed by atoms with van der Waals surface area (Å²) in [4.78, 5) is 26.4. The Hall–Kier alpha value is -2.46. The van der Waals surface area contributed by atoms with Crippen LogP contribution < -0.4 is 19.7 Å². The average molecular weight is 630 g/mol. The standard InChI is InChI=1S/C24H16Cl3IN2O4/c1-33-21-10-14(8-19(28)22(21)34-12-13-5-6-17(26)18(27)7-13)9-20-23(31)30(24(32)29-20)16-4-2-3-15(25)11-16/h2-11H,12H2,1H3,(H,29,32)/b20-9+. The van der Waals surface area contributed by atoms with E-state index in [2.05, 4.69) is 27.9 Å². The maximum absolute atomic E-state index is 12.9. The summed E-state index contributed by atoms with van der Waals surface area (Å²) < 4.78 is 12.2. The molecule has 4 rings (SSSR count). The van der Waals surface area contributed by atoms with E-state index in [0.717, 1.165) is 14.0 Å². The molecule has 0 unspecified atom stereocenters. The summed E-state index contributed by atoms with van der Waals surface area (Å²) in [5.74, 6) is 0.530. The third-order valence-corrected chi connectivity index (χ3v) is 6.65. The van der Waals surface area contributed by atoms with E-state index in [9.17, 15) is 9.59 Å². The second-order valence-electron chi connectivity index (χ2n) is 7.18. The van der Waals surface area contributed by atoms with Gasteiger partial charge in [-0.15, -0.1) is 0 Å². The number of amides is 3. The Kier molecular flexibility index (Phi) is 7.57. The number of urea groups is 1. The molecule has 1 saturated heterocycles. The lowest BCUT2D eigenvalue weighted by Crippen LogP contribution is -2.30. The van der Waals surface area contributed by atoms with Crippen molar-refractivity contribution in [1.82, 2.24) is 5.32 Å². The number of anilines is 1. The lowest BCUT2D eigenvalue weighted by Gasteiger charge is -2.14. The highest BCUT2D eigenvalue weighted by Gasteiger charge is 2.35. The van der Waals surface area contributed by atoms with Gasteiger partial charge in [-0.05, 0) is 82.3 Å². The quantitative estimate of drug-likeness (QED) is 0.182. The van der Waals surface area contributed by atoms with Gasteiger partial charge < -0.3 is 14.8 Å². The summed E-state index contributed by atoms with van der Waals surface area (Å²) >= 11 is 20.2. The molecule has 0 aliphatic carbocycles.